The van der Waals surface area contributed by atoms with Crippen molar-refractivity contribution in [1.82, 2.24) is 9.97 Å². The fourth-order valence-electron chi connectivity index (χ4n) is 2.55. The normalized spacial score (nSPS) is 10.6. The quantitative estimate of drug-likeness (QED) is 0.573. The van der Waals surface area contributed by atoms with Crippen LogP contribution in [0, 0.1) is 0 Å². The van der Waals surface area contributed by atoms with Crippen molar-refractivity contribution in [3.05, 3.63) is 72.4 Å². The van der Waals surface area contributed by atoms with E-state index in [9.17, 15) is 4.79 Å². The molecular weight excluding hydrogens is 346 g/mol. The van der Waals surface area contributed by atoms with E-state index in [0.717, 1.165) is 22.0 Å². The average molecular weight is 361 g/mol. The first-order valence-corrected chi connectivity index (χ1v) is 8.93. The molecule has 2 heterocycles. The molecule has 2 aromatic heterocycles. The van der Waals surface area contributed by atoms with Gasteiger partial charge in [0.05, 0.1) is 5.69 Å². The van der Waals surface area contributed by atoms with Gasteiger partial charge in [-0.3, -0.25) is 15.1 Å². The number of nitrogens with zero attached hydrogens (tertiary/aromatic N) is 2. The standard InChI is InChI=1S/C20H15N3O2S/c24-19(12-25-17-6-5-14-3-1-2-4-16(14)11-17)23-20-22-18(13-26-20)15-7-9-21-10-8-15/h1-11,13H,12H2,(H,22,23,24). The Morgan fingerprint density at radius 1 is 1.04 bits per heavy atom. The summed E-state index contributed by atoms with van der Waals surface area (Å²) < 4.78 is 5.60. The number of rotatable bonds is 5. The zero-order valence-electron chi connectivity index (χ0n) is 13.8. The van der Waals surface area contributed by atoms with Gasteiger partial charge in [0.25, 0.3) is 5.91 Å². The Kier molecular flexibility index (Phi) is 4.57. The number of anilines is 1. The van der Waals surface area contributed by atoms with Crippen LogP contribution < -0.4 is 10.1 Å². The molecule has 6 heteroatoms. The van der Waals surface area contributed by atoms with Crippen molar-refractivity contribution in [1.29, 1.82) is 0 Å². The molecule has 4 aromatic rings. The minimum Gasteiger partial charge on any atom is -0.484 e. The Bertz CT molecular complexity index is 1050. The lowest BCUT2D eigenvalue weighted by Gasteiger charge is -2.07. The first-order valence-electron chi connectivity index (χ1n) is 8.05. The van der Waals surface area contributed by atoms with Crippen LogP contribution >= 0.6 is 11.3 Å². The number of nitrogens with one attached hydrogen (secondary N) is 1. The minimum absolute atomic E-state index is 0.0670. The Balaban J connectivity index is 1.37. The molecule has 0 aliphatic rings. The van der Waals surface area contributed by atoms with Gasteiger partial charge in [-0.1, -0.05) is 30.3 Å². The van der Waals surface area contributed by atoms with Crippen molar-refractivity contribution in [2.24, 2.45) is 0 Å². The second-order valence-electron chi connectivity index (χ2n) is 5.62. The number of carbonyl (C=O) groups is 1. The number of thiazole rings is 1. The van der Waals surface area contributed by atoms with E-state index >= 15 is 0 Å². The molecule has 4 rings (SSSR count). The van der Waals surface area contributed by atoms with Crippen molar-refractivity contribution in [3.8, 4) is 17.0 Å². The molecule has 0 fully saturated rings. The number of amides is 1. The van der Waals surface area contributed by atoms with Crippen molar-refractivity contribution < 1.29 is 9.53 Å². The molecule has 1 N–H and O–H groups in total. The first-order chi connectivity index (χ1) is 12.8. The molecule has 0 aliphatic heterocycles. The van der Waals surface area contributed by atoms with Crippen LogP contribution in [0.3, 0.4) is 0 Å². The molecule has 2 aromatic carbocycles. The van der Waals surface area contributed by atoms with Crippen LogP contribution in [0.4, 0.5) is 5.13 Å². The molecule has 1 amide bonds. The van der Waals surface area contributed by atoms with E-state index in [1.54, 1.807) is 12.4 Å². The minimum atomic E-state index is -0.242. The van der Waals surface area contributed by atoms with E-state index in [2.05, 4.69) is 15.3 Å². The summed E-state index contributed by atoms with van der Waals surface area (Å²) in [6.07, 6.45) is 3.43. The van der Waals surface area contributed by atoms with Crippen molar-refractivity contribution >= 4 is 33.1 Å². The SMILES string of the molecule is O=C(COc1ccc2ccccc2c1)Nc1nc(-c2ccncc2)cs1. The van der Waals surface area contributed by atoms with Gasteiger partial charge >= 0.3 is 0 Å². The number of fused-ring (bicyclic) bond motifs is 1. The van der Waals surface area contributed by atoms with Gasteiger partial charge in [0.2, 0.25) is 0 Å². The number of benzene rings is 2. The lowest BCUT2D eigenvalue weighted by molar-refractivity contribution is -0.118. The predicted octanol–water partition coefficient (Wildman–Crippen LogP) is 4.38. The summed E-state index contributed by atoms with van der Waals surface area (Å²) in [4.78, 5) is 20.5. The highest BCUT2D eigenvalue weighted by Gasteiger charge is 2.09. The summed E-state index contributed by atoms with van der Waals surface area (Å²) in [7, 11) is 0. The number of hydrogen-bond acceptors (Lipinski definition) is 5. The Morgan fingerprint density at radius 3 is 2.69 bits per heavy atom. The van der Waals surface area contributed by atoms with Gasteiger partial charge in [0.15, 0.2) is 11.7 Å². The van der Waals surface area contributed by atoms with Gasteiger partial charge in [0, 0.05) is 23.3 Å². The lowest BCUT2D eigenvalue weighted by Crippen LogP contribution is -2.20. The smallest absolute Gasteiger partial charge is 0.264 e. The lowest BCUT2D eigenvalue weighted by atomic mass is 10.1. The van der Waals surface area contributed by atoms with Crippen LogP contribution in [0.25, 0.3) is 22.0 Å². The summed E-state index contributed by atoms with van der Waals surface area (Å²) in [5, 5.41) is 7.42. The molecule has 0 radical (unpaired) electrons. The van der Waals surface area contributed by atoms with E-state index in [4.69, 9.17) is 4.74 Å². The van der Waals surface area contributed by atoms with Gasteiger partial charge in [-0.25, -0.2) is 4.98 Å². The van der Waals surface area contributed by atoms with Gasteiger partial charge < -0.3 is 4.74 Å². The van der Waals surface area contributed by atoms with Crippen molar-refractivity contribution in [3.63, 3.8) is 0 Å². The summed E-state index contributed by atoms with van der Waals surface area (Å²) in [6, 6.07) is 17.5. The molecule has 0 unspecified atom stereocenters. The number of ether oxygens (including phenoxy) is 1. The molecule has 0 saturated carbocycles. The summed E-state index contributed by atoms with van der Waals surface area (Å²) in [6.45, 7) is -0.0670. The zero-order valence-corrected chi connectivity index (χ0v) is 14.6. The van der Waals surface area contributed by atoms with Gasteiger partial charge in [-0.15, -0.1) is 11.3 Å². The average Bonchev–Trinajstić information content (AvgIpc) is 3.15. The number of hydrogen-bond donors (Lipinski definition) is 1. The third-order valence-corrected chi connectivity index (χ3v) is 4.58. The number of carbonyl (C=O) groups excluding carboxylic acids is 1. The third-order valence-electron chi connectivity index (χ3n) is 3.82. The molecular formula is C20H15N3O2S. The number of aromatic nitrogens is 2. The van der Waals surface area contributed by atoms with Gasteiger partial charge in [-0.2, -0.15) is 0 Å². The maximum atomic E-state index is 12.1. The molecule has 0 saturated heterocycles. The molecule has 26 heavy (non-hydrogen) atoms. The molecule has 0 aliphatic carbocycles. The van der Waals surface area contributed by atoms with Crippen LogP contribution in [0.2, 0.25) is 0 Å². The predicted molar refractivity (Wildman–Crippen MR) is 103 cm³/mol. The fourth-order valence-corrected chi connectivity index (χ4v) is 3.28. The highest BCUT2D eigenvalue weighted by atomic mass is 32.1. The molecule has 0 bridgehead atoms. The first kappa shape index (κ1) is 16.2. The van der Waals surface area contributed by atoms with Crippen LogP contribution in [0.15, 0.2) is 72.4 Å². The Morgan fingerprint density at radius 2 is 1.85 bits per heavy atom. The molecule has 5 nitrogen and oxygen atoms in total. The van der Waals surface area contributed by atoms with Crippen LogP contribution in [-0.2, 0) is 4.79 Å². The fraction of sp³-hybridized carbons (Fsp3) is 0.0500. The Hall–Kier alpha value is -3.25. The topological polar surface area (TPSA) is 64.1 Å². The summed E-state index contributed by atoms with van der Waals surface area (Å²) in [5.74, 6) is 0.421. The summed E-state index contributed by atoms with van der Waals surface area (Å²) >= 11 is 1.38. The van der Waals surface area contributed by atoms with Gasteiger partial charge in [-0.05, 0) is 35.0 Å². The molecule has 0 atom stereocenters. The van der Waals surface area contributed by atoms with Crippen LogP contribution in [0.5, 0.6) is 5.75 Å². The van der Waals surface area contributed by atoms with E-state index in [-0.39, 0.29) is 12.5 Å². The van der Waals surface area contributed by atoms with E-state index < -0.39 is 0 Å². The second kappa shape index (κ2) is 7.33. The summed E-state index contributed by atoms with van der Waals surface area (Å²) in [5.41, 5.74) is 1.77. The second-order valence-corrected chi connectivity index (χ2v) is 6.48. The number of pyridine rings is 1. The maximum absolute atomic E-state index is 12.1. The highest BCUT2D eigenvalue weighted by molar-refractivity contribution is 7.14. The maximum Gasteiger partial charge on any atom is 0.264 e. The van der Waals surface area contributed by atoms with Gasteiger partial charge in [0.1, 0.15) is 5.75 Å². The van der Waals surface area contributed by atoms with Crippen LogP contribution in [0.1, 0.15) is 0 Å². The zero-order chi connectivity index (χ0) is 17.8. The van der Waals surface area contributed by atoms with Crippen LogP contribution in [-0.4, -0.2) is 22.5 Å². The Labute approximate surface area is 154 Å². The largest absolute Gasteiger partial charge is 0.484 e. The van der Waals surface area contributed by atoms with E-state index in [0.29, 0.717) is 10.9 Å². The van der Waals surface area contributed by atoms with Crippen molar-refractivity contribution in [2.45, 2.75) is 0 Å². The third kappa shape index (κ3) is 3.70. The van der Waals surface area contributed by atoms with E-state index in [1.807, 2.05) is 60.0 Å². The monoisotopic (exact) mass is 361 g/mol. The molecule has 128 valence electrons. The van der Waals surface area contributed by atoms with E-state index in [1.165, 1.54) is 11.3 Å². The highest BCUT2D eigenvalue weighted by Crippen LogP contribution is 2.24. The molecule has 0 spiro atoms. The van der Waals surface area contributed by atoms with Crippen molar-refractivity contribution in [2.75, 3.05) is 11.9 Å².